The van der Waals surface area contributed by atoms with Gasteiger partial charge in [0.1, 0.15) is 5.15 Å². The summed E-state index contributed by atoms with van der Waals surface area (Å²) in [6.07, 6.45) is -0.0506. The molecule has 1 aliphatic rings. The molecule has 3 nitrogen and oxygen atoms in total. The van der Waals surface area contributed by atoms with E-state index in [0.29, 0.717) is 18.1 Å². The molecule has 4 rings (SSSR count). The van der Waals surface area contributed by atoms with E-state index in [0.717, 1.165) is 25.3 Å². The second-order valence-corrected chi connectivity index (χ2v) is 10.0. The number of anilines is 1. The van der Waals surface area contributed by atoms with Crippen LogP contribution in [0.2, 0.25) is 5.15 Å². The molecule has 1 fully saturated rings. The second kappa shape index (κ2) is 8.70. The maximum Gasteiger partial charge on any atom is 0.249 e. The summed E-state index contributed by atoms with van der Waals surface area (Å²) >= 11 is 13.1. The molecular formula is C18H18BrCl2F2N3S2. The van der Waals surface area contributed by atoms with Crippen molar-refractivity contribution >= 4 is 78.5 Å². The predicted molar refractivity (Wildman–Crippen MR) is 121 cm³/mol. The van der Waals surface area contributed by atoms with E-state index in [1.807, 2.05) is 11.4 Å². The number of aromatic nitrogens is 1. The highest BCUT2D eigenvalue weighted by Gasteiger charge is 2.41. The average molecular weight is 529 g/mol. The van der Waals surface area contributed by atoms with Crippen molar-refractivity contribution in [2.24, 2.45) is 5.73 Å². The number of rotatable bonds is 4. The van der Waals surface area contributed by atoms with Crippen LogP contribution in [0.4, 0.5) is 14.5 Å². The summed E-state index contributed by atoms with van der Waals surface area (Å²) in [6.45, 7) is 0.688. The molecule has 0 spiro atoms. The third-order valence-electron chi connectivity index (χ3n) is 4.82. The molecule has 0 unspecified atom stereocenters. The largest absolute Gasteiger partial charge is 0.379 e. The first-order valence-corrected chi connectivity index (χ1v) is 11.4. The van der Waals surface area contributed by atoms with Crippen molar-refractivity contribution in [1.82, 2.24) is 4.98 Å². The maximum absolute atomic E-state index is 13.7. The Morgan fingerprint density at radius 3 is 2.89 bits per heavy atom. The number of thiophene rings is 2. The number of fused-ring (bicyclic) bond motifs is 1. The van der Waals surface area contributed by atoms with Gasteiger partial charge < -0.3 is 11.1 Å². The molecule has 0 amide bonds. The fourth-order valence-corrected chi connectivity index (χ4v) is 6.62. The summed E-state index contributed by atoms with van der Waals surface area (Å²) in [4.78, 5) is 6.64. The molecule has 0 bridgehead atoms. The molecule has 1 aliphatic carbocycles. The molecule has 3 aromatic heterocycles. The number of nitrogens with two attached hydrogens (primary N) is 1. The maximum atomic E-state index is 13.7. The van der Waals surface area contributed by atoms with Gasteiger partial charge in [-0.1, -0.05) is 17.7 Å². The Morgan fingerprint density at radius 2 is 2.21 bits per heavy atom. The summed E-state index contributed by atoms with van der Waals surface area (Å²) < 4.78 is 29.1. The molecular weight excluding hydrogens is 511 g/mol. The van der Waals surface area contributed by atoms with Gasteiger partial charge in [-0.3, -0.25) is 0 Å². The van der Waals surface area contributed by atoms with Crippen LogP contribution in [-0.2, 0) is 6.54 Å². The SMILES string of the molecule is Cl.N[C@H]1CC(F)(F)CC[C@H]1c1sc2c(NCc3cccs3)cc(Cl)nc2c1Br. The zero-order chi connectivity index (χ0) is 19.2. The Hall–Kier alpha value is -0.510. The molecule has 10 heteroatoms. The number of alkyl halides is 2. The van der Waals surface area contributed by atoms with Crippen molar-refractivity contribution in [3.05, 3.63) is 43.0 Å². The van der Waals surface area contributed by atoms with Gasteiger partial charge in [0.25, 0.3) is 0 Å². The first kappa shape index (κ1) is 22.2. The lowest BCUT2D eigenvalue weighted by Gasteiger charge is -2.33. The lowest BCUT2D eigenvalue weighted by Crippen LogP contribution is -2.40. The minimum atomic E-state index is -2.67. The lowest BCUT2D eigenvalue weighted by molar-refractivity contribution is -0.0444. The smallest absolute Gasteiger partial charge is 0.249 e. The Balaban J connectivity index is 0.00000225. The zero-order valence-electron chi connectivity index (χ0n) is 14.6. The van der Waals surface area contributed by atoms with E-state index in [4.69, 9.17) is 17.3 Å². The topological polar surface area (TPSA) is 50.9 Å². The summed E-state index contributed by atoms with van der Waals surface area (Å²) in [7, 11) is 0. The number of nitrogens with one attached hydrogen (secondary N) is 1. The van der Waals surface area contributed by atoms with Crippen LogP contribution < -0.4 is 11.1 Å². The highest BCUT2D eigenvalue weighted by atomic mass is 79.9. The van der Waals surface area contributed by atoms with Crippen LogP contribution in [0.5, 0.6) is 0 Å². The molecule has 0 radical (unpaired) electrons. The Bertz CT molecular complexity index is 966. The van der Waals surface area contributed by atoms with Crippen LogP contribution in [0.1, 0.15) is 34.9 Å². The average Bonchev–Trinajstić information content (AvgIpc) is 3.21. The Morgan fingerprint density at radius 1 is 1.43 bits per heavy atom. The van der Waals surface area contributed by atoms with E-state index in [1.54, 1.807) is 28.7 Å². The molecule has 0 aromatic carbocycles. The molecule has 3 heterocycles. The quantitative estimate of drug-likeness (QED) is 0.357. The van der Waals surface area contributed by atoms with Crippen molar-refractivity contribution < 1.29 is 8.78 Å². The van der Waals surface area contributed by atoms with Crippen molar-refractivity contribution in [3.63, 3.8) is 0 Å². The summed E-state index contributed by atoms with van der Waals surface area (Å²) in [6, 6.07) is 5.31. The number of halogens is 5. The molecule has 3 aromatic rings. The fraction of sp³-hybridized carbons (Fsp3) is 0.389. The van der Waals surface area contributed by atoms with Crippen LogP contribution >= 0.6 is 62.6 Å². The molecule has 1 saturated carbocycles. The van der Waals surface area contributed by atoms with Crippen molar-refractivity contribution in [1.29, 1.82) is 0 Å². The van der Waals surface area contributed by atoms with Gasteiger partial charge in [0.05, 0.1) is 20.4 Å². The standard InChI is InChI=1S/C18H17BrClF2N3S2.ClH/c19-14-15-17(27-16(14)10-3-4-18(21,22)7-11(10)23)12(6-13(20)25-15)24-8-9-2-1-5-26-9;/h1-2,5-6,10-11H,3-4,7-8,23H2,(H,24,25);1H/t10-,11+;/m1./s1. The van der Waals surface area contributed by atoms with Crippen LogP contribution in [0, 0.1) is 0 Å². The van der Waals surface area contributed by atoms with Crippen LogP contribution in [0.15, 0.2) is 28.1 Å². The molecule has 0 saturated heterocycles. The van der Waals surface area contributed by atoms with Crippen molar-refractivity contribution in [3.8, 4) is 0 Å². The summed E-state index contributed by atoms with van der Waals surface area (Å²) in [5.74, 6) is -2.78. The minimum absolute atomic E-state index is 0. The molecule has 2 atom stereocenters. The van der Waals surface area contributed by atoms with Crippen LogP contribution in [-0.4, -0.2) is 16.9 Å². The highest BCUT2D eigenvalue weighted by molar-refractivity contribution is 9.10. The van der Waals surface area contributed by atoms with Crippen molar-refractivity contribution in [2.45, 2.75) is 43.7 Å². The van der Waals surface area contributed by atoms with E-state index in [9.17, 15) is 8.78 Å². The van der Waals surface area contributed by atoms with Gasteiger partial charge in [0.15, 0.2) is 0 Å². The highest BCUT2D eigenvalue weighted by Crippen LogP contribution is 2.48. The number of hydrogen-bond acceptors (Lipinski definition) is 5. The number of nitrogens with zero attached hydrogens (tertiary/aromatic N) is 1. The third-order valence-corrected chi connectivity index (χ3v) is 8.30. The summed E-state index contributed by atoms with van der Waals surface area (Å²) in [5, 5.41) is 5.85. The Kier molecular flexibility index (Phi) is 6.89. The van der Waals surface area contributed by atoms with Gasteiger partial charge in [-0.25, -0.2) is 13.8 Å². The van der Waals surface area contributed by atoms with Gasteiger partial charge >= 0.3 is 0 Å². The molecule has 3 N–H and O–H groups in total. The number of hydrogen-bond donors (Lipinski definition) is 2. The molecule has 28 heavy (non-hydrogen) atoms. The monoisotopic (exact) mass is 527 g/mol. The predicted octanol–water partition coefficient (Wildman–Crippen LogP) is 7.04. The first-order chi connectivity index (χ1) is 12.8. The van der Waals surface area contributed by atoms with E-state index >= 15 is 0 Å². The molecule has 152 valence electrons. The first-order valence-electron chi connectivity index (χ1n) is 8.52. The lowest BCUT2D eigenvalue weighted by atomic mass is 9.82. The van der Waals surface area contributed by atoms with E-state index < -0.39 is 12.0 Å². The zero-order valence-corrected chi connectivity index (χ0v) is 19.3. The van der Waals surface area contributed by atoms with Gasteiger partial charge in [-0.05, 0) is 33.8 Å². The van der Waals surface area contributed by atoms with E-state index in [-0.39, 0.29) is 31.2 Å². The molecule has 0 aliphatic heterocycles. The van der Waals surface area contributed by atoms with Crippen LogP contribution in [0.3, 0.4) is 0 Å². The van der Waals surface area contributed by atoms with Gasteiger partial charge in [-0.2, -0.15) is 0 Å². The number of pyridine rings is 1. The fourth-order valence-electron chi connectivity index (χ4n) is 3.49. The Labute approximate surface area is 189 Å². The minimum Gasteiger partial charge on any atom is -0.379 e. The normalized spacial score (nSPS) is 21.5. The second-order valence-electron chi connectivity index (χ2n) is 6.75. The van der Waals surface area contributed by atoms with Crippen molar-refractivity contribution in [2.75, 3.05) is 5.32 Å². The van der Waals surface area contributed by atoms with E-state index in [2.05, 4.69) is 32.3 Å². The van der Waals surface area contributed by atoms with Gasteiger partial charge in [-0.15, -0.1) is 35.1 Å². The summed E-state index contributed by atoms with van der Waals surface area (Å²) in [5.41, 5.74) is 7.76. The van der Waals surface area contributed by atoms with Gasteiger partial charge in [0, 0.05) is 47.2 Å². The van der Waals surface area contributed by atoms with E-state index in [1.165, 1.54) is 4.88 Å². The van der Waals surface area contributed by atoms with Gasteiger partial charge in [0.2, 0.25) is 5.92 Å². The third kappa shape index (κ3) is 4.47. The van der Waals surface area contributed by atoms with Crippen LogP contribution in [0.25, 0.3) is 10.2 Å².